The zero-order chi connectivity index (χ0) is 25.1. The normalized spacial score (nSPS) is 21.2. The third kappa shape index (κ3) is 3.75. The summed E-state index contributed by atoms with van der Waals surface area (Å²) in [6.45, 7) is 2.11. The molecule has 0 bridgehead atoms. The molecule has 2 N–H and O–H groups in total. The number of nitrogens with zero attached hydrogens (tertiary/aromatic N) is 8. The minimum absolute atomic E-state index is 0.464. The molecule has 38 heavy (non-hydrogen) atoms. The Morgan fingerprint density at radius 1 is 1.00 bits per heavy atom. The lowest BCUT2D eigenvalue weighted by atomic mass is 9.99. The number of hydrogen-bond acceptors (Lipinski definition) is 9. The summed E-state index contributed by atoms with van der Waals surface area (Å²) < 4.78 is 1.73. The molecule has 190 valence electrons. The number of aromatic nitrogens is 7. The molecule has 3 aliphatic rings. The summed E-state index contributed by atoms with van der Waals surface area (Å²) >= 11 is 0. The predicted octanol–water partition coefficient (Wildman–Crippen LogP) is 4.08. The molecule has 7 heterocycles. The molecular weight excluding hydrogens is 476 g/mol. The SMILES string of the molecule is c1ccn2nc(Nc3cc(-c4nc(N5CCC6NCCCC65)c5c(C6CC6)cncc5n4)ccn3)nc2c1. The second-order valence-electron chi connectivity index (χ2n) is 10.5. The minimum atomic E-state index is 0.464. The van der Waals surface area contributed by atoms with E-state index in [0.29, 0.717) is 35.6 Å². The highest BCUT2D eigenvalue weighted by Crippen LogP contribution is 2.46. The first-order valence-corrected chi connectivity index (χ1v) is 13.5. The molecule has 5 aromatic rings. The predicted molar refractivity (Wildman–Crippen MR) is 146 cm³/mol. The van der Waals surface area contributed by atoms with E-state index in [4.69, 9.17) is 9.97 Å². The third-order valence-corrected chi connectivity index (χ3v) is 8.03. The van der Waals surface area contributed by atoms with E-state index in [1.54, 1.807) is 10.7 Å². The van der Waals surface area contributed by atoms with Crippen molar-refractivity contribution < 1.29 is 0 Å². The van der Waals surface area contributed by atoms with Crippen molar-refractivity contribution in [2.75, 3.05) is 23.3 Å². The van der Waals surface area contributed by atoms with Crippen LogP contribution in [-0.4, -0.2) is 59.7 Å². The van der Waals surface area contributed by atoms with Gasteiger partial charge in [-0.2, -0.15) is 4.98 Å². The highest BCUT2D eigenvalue weighted by molar-refractivity contribution is 5.94. The molecule has 1 aliphatic carbocycles. The van der Waals surface area contributed by atoms with E-state index < -0.39 is 0 Å². The van der Waals surface area contributed by atoms with Gasteiger partial charge in [0.15, 0.2) is 11.5 Å². The lowest BCUT2D eigenvalue weighted by Crippen LogP contribution is -2.47. The largest absolute Gasteiger partial charge is 0.351 e. The van der Waals surface area contributed by atoms with Gasteiger partial charge in [0.2, 0.25) is 5.95 Å². The van der Waals surface area contributed by atoms with Crippen molar-refractivity contribution >= 4 is 34.1 Å². The standard InChI is InChI=1S/C28H28N10/c1-2-12-38-24(5-1)34-28(36-38)33-23-14-18(8-11-31-23)26-32-21-16-29-15-19(17-6-7-17)25(21)27(35-26)37-13-9-20-22(37)4-3-10-30-20/h1-2,5,8,11-12,14-17,20,22,30H,3-4,6-7,9-10,13H2,(H,31,33,36). The van der Waals surface area contributed by atoms with Gasteiger partial charge in [0, 0.05) is 48.2 Å². The summed E-state index contributed by atoms with van der Waals surface area (Å²) in [4.78, 5) is 26.5. The van der Waals surface area contributed by atoms with Gasteiger partial charge in [0.05, 0.1) is 11.7 Å². The average molecular weight is 505 g/mol. The number of anilines is 3. The zero-order valence-electron chi connectivity index (χ0n) is 21.0. The van der Waals surface area contributed by atoms with Crippen molar-refractivity contribution in [3.05, 3.63) is 60.7 Å². The molecule has 0 amide bonds. The van der Waals surface area contributed by atoms with Crippen LogP contribution < -0.4 is 15.5 Å². The molecule has 2 aliphatic heterocycles. The van der Waals surface area contributed by atoms with Crippen molar-refractivity contribution in [3.63, 3.8) is 0 Å². The molecule has 2 saturated heterocycles. The number of piperidine rings is 1. The minimum Gasteiger partial charge on any atom is -0.351 e. The Kier molecular flexibility index (Phi) is 5.00. The van der Waals surface area contributed by atoms with E-state index in [9.17, 15) is 0 Å². The summed E-state index contributed by atoms with van der Waals surface area (Å²) in [7, 11) is 0. The highest BCUT2D eigenvalue weighted by atomic mass is 15.3. The van der Waals surface area contributed by atoms with Crippen LogP contribution >= 0.6 is 0 Å². The molecule has 2 unspecified atom stereocenters. The lowest BCUT2D eigenvalue weighted by molar-refractivity contribution is 0.382. The Labute approximate surface area is 219 Å². The maximum atomic E-state index is 5.27. The van der Waals surface area contributed by atoms with E-state index in [2.05, 4.69) is 35.6 Å². The Morgan fingerprint density at radius 2 is 1.97 bits per heavy atom. The van der Waals surface area contributed by atoms with Crippen LogP contribution in [0.4, 0.5) is 17.6 Å². The van der Waals surface area contributed by atoms with Gasteiger partial charge in [-0.05, 0) is 74.4 Å². The quantitative estimate of drug-likeness (QED) is 0.366. The van der Waals surface area contributed by atoms with E-state index in [-0.39, 0.29) is 0 Å². The fourth-order valence-corrected chi connectivity index (χ4v) is 6.08. The first kappa shape index (κ1) is 21.9. The fraction of sp³-hybridized carbons (Fsp3) is 0.357. The van der Waals surface area contributed by atoms with E-state index in [0.717, 1.165) is 42.1 Å². The highest BCUT2D eigenvalue weighted by Gasteiger charge is 2.38. The fourth-order valence-electron chi connectivity index (χ4n) is 6.08. The molecule has 0 aromatic carbocycles. The van der Waals surface area contributed by atoms with Gasteiger partial charge in [0.25, 0.3) is 0 Å². The molecule has 2 atom stereocenters. The smallest absolute Gasteiger partial charge is 0.248 e. The van der Waals surface area contributed by atoms with E-state index in [1.165, 1.54) is 36.6 Å². The summed E-state index contributed by atoms with van der Waals surface area (Å²) in [5, 5.41) is 12.6. The third-order valence-electron chi connectivity index (χ3n) is 8.03. The first-order valence-electron chi connectivity index (χ1n) is 13.5. The van der Waals surface area contributed by atoms with Crippen LogP contribution in [0.15, 0.2) is 55.1 Å². The van der Waals surface area contributed by atoms with Crippen LogP contribution in [-0.2, 0) is 0 Å². The molecular formula is C28H28N10. The van der Waals surface area contributed by atoms with Crippen LogP contribution in [0, 0.1) is 0 Å². The van der Waals surface area contributed by atoms with Gasteiger partial charge in [-0.25, -0.2) is 19.5 Å². The monoisotopic (exact) mass is 504 g/mol. The van der Waals surface area contributed by atoms with Crippen LogP contribution in [0.3, 0.4) is 0 Å². The van der Waals surface area contributed by atoms with Crippen molar-refractivity contribution in [2.24, 2.45) is 0 Å². The van der Waals surface area contributed by atoms with Gasteiger partial charge in [-0.3, -0.25) is 4.98 Å². The number of fused-ring (bicyclic) bond motifs is 3. The molecule has 10 nitrogen and oxygen atoms in total. The molecule has 0 spiro atoms. The van der Waals surface area contributed by atoms with Crippen LogP contribution in [0.25, 0.3) is 27.9 Å². The van der Waals surface area contributed by atoms with Crippen LogP contribution in [0.2, 0.25) is 0 Å². The summed E-state index contributed by atoms with van der Waals surface area (Å²) in [6.07, 6.45) is 13.5. The van der Waals surface area contributed by atoms with Gasteiger partial charge in [-0.15, -0.1) is 5.10 Å². The maximum absolute atomic E-state index is 5.27. The van der Waals surface area contributed by atoms with E-state index >= 15 is 0 Å². The second kappa shape index (κ2) is 8.70. The molecule has 8 rings (SSSR count). The zero-order valence-corrected chi connectivity index (χ0v) is 21.0. The Bertz CT molecular complexity index is 1630. The van der Waals surface area contributed by atoms with Crippen molar-refractivity contribution in [3.8, 4) is 11.4 Å². The van der Waals surface area contributed by atoms with Crippen molar-refractivity contribution in [1.29, 1.82) is 0 Å². The Hall–Kier alpha value is -4.18. The Morgan fingerprint density at radius 3 is 2.89 bits per heavy atom. The number of hydrogen-bond donors (Lipinski definition) is 2. The molecule has 10 heteroatoms. The van der Waals surface area contributed by atoms with Crippen molar-refractivity contribution in [1.82, 2.24) is 39.9 Å². The molecule has 1 saturated carbocycles. The maximum Gasteiger partial charge on any atom is 0.248 e. The summed E-state index contributed by atoms with van der Waals surface area (Å²) in [5.74, 6) is 3.44. The molecule has 0 radical (unpaired) electrons. The van der Waals surface area contributed by atoms with Crippen LogP contribution in [0.5, 0.6) is 0 Å². The number of nitrogens with one attached hydrogen (secondary N) is 2. The summed E-state index contributed by atoms with van der Waals surface area (Å²) in [5.41, 5.74) is 3.87. The topological polar surface area (TPSA) is 109 Å². The Balaban J connectivity index is 1.21. The van der Waals surface area contributed by atoms with E-state index in [1.807, 2.05) is 48.9 Å². The van der Waals surface area contributed by atoms with Gasteiger partial charge in [-0.1, -0.05) is 6.07 Å². The number of pyridine rings is 3. The number of rotatable bonds is 5. The second-order valence-corrected chi connectivity index (χ2v) is 10.5. The van der Waals surface area contributed by atoms with Crippen molar-refractivity contribution in [2.45, 2.75) is 50.1 Å². The lowest BCUT2D eigenvalue weighted by Gasteiger charge is -2.34. The van der Waals surface area contributed by atoms with Gasteiger partial charge >= 0.3 is 0 Å². The first-order chi connectivity index (χ1) is 18.8. The molecule has 5 aromatic heterocycles. The van der Waals surface area contributed by atoms with Gasteiger partial charge < -0.3 is 15.5 Å². The molecule has 3 fully saturated rings. The van der Waals surface area contributed by atoms with Crippen LogP contribution in [0.1, 0.15) is 43.6 Å². The average Bonchev–Trinajstić information content (AvgIpc) is 3.59. The van der Waals surface area contributed by atoms with Gasteiger partial charge in [0.1, 0.15) is 11.6 Å². The summed E-state index contributed by atoms with van der Waals surface area (Å²) in [6, 6.07) is 10.7.